The third kappa shape index (κ3) is 4.99. The number of hydrogen-bond donors (Lipinski definition) is 2. The molecule has 0 fully saturated rings. The van der Waals surface area contributed by atoms with Gasteiger partial charge in [0.2, 0.25) is 0 Å². The summed E-state index contributed by atoms with van der Waals surface area (Å²) >= 11 is 0. The van der Waals surface area contributed by atoms with E-state index < -0.39 is 112 Å². The molecule has 0 spiro atoms. The van der Waals surface area contributed by atoms with Gasteiger partial charge in [0.15, 0.2) is 46.5 Å². The second kappa shape index (κ2) is 10.4. The first-order valence-electron chi connectivity index (χ1n) is 8.76. The average Bonchev–Trinajstić information content (AvgIpc) is 2.76. The molecule has 2 rings (SSSR count). The Labute approximate surface area is 187 Å². The first kappa shape index (κ1) is 27.0. The van der Waals surface area contributed by atoms with Crippen molar-refractivity contribution < 1.29 is 74.0 Å². The minimum Gasteiger partial charge on any atom is -0.477 e. The molecule has 0 aliphatic carbocycles. The van der Waals surface area contributed by atoms with E-state index in [1.54, 1.807) is 0 Å². The largest absolute Gasteiger partial charge is 0.477 e. The topological polar surface area (TPSA) is 127 Å². The first-order valence-corrected chi connectivity index (χ1v) is 8.76. The monoisotopic (exact) mass is 516 g/mol. The number of carbonyl (C=O) groups is 4. The highest BCUT2D eigenvalue weighted by Gasteiger charge is 2.34. The van der Waals surface area contributed by atoms with E-state index in [2.05, 4.69) is 9.47 Å². The van der Waals surface area contributed by atoms with Crippen LogP contribution in [0.25, 0.3) is 0 Å². The lowest BCUT2D eigenvalue weighted by molar-refractivity contribution is 0.0378. The van der Waals surface area contributed by atoms with Crippen molar-refractivity contribution in [3.8, 4) is 0 Å². The summed E-state index contributed by atoms with van der Waals surface area (Å²) in [6, 6.07) is 0. The van der Waals surface area contributed by atoms with Gasteiger partial charge in [0.25, 0.3) is 0 Å². The number of aromatic carboxylic acids is 2. The highest BCUT2D eigenvalue weighted by molar-refractivity contribution is 5.94. The normalized spacial score (nSPS) is 10.7. The Balaban J connectivity index is 2.06. The quantitative estimate of drug-likeness (QED) is 0.236. The summed E-state index contributed by atoms with van der Waals surface area (Å²) in [5, 5.41) is 17.1. The number of carboxylic acid groups (broad SMARTS) is 2. The van der Waals surface area contributed by atoms with Gasteiger partial charge in [-0.25, -0.2) is 54.3 Å². The minimum absolute atomic E-state index is 0.597. The van der Waals surface area contributed by atoms with Gasteiger partial charge in [-0.3, -0.25) is 0 Å². The van der Waals surface area contributed by atoms with Crippen molar-refractivity contribution in [2.24, 2.45) is 0 Å². The van der Waals surface area contributed by atoms with Gasteiger partial charge in [-0.15, -0.1) is 0 Å². The van der Waals surface area contributed by atoms with E-state index in [4.69, 9.17) is 10.2 Å². The molecule has 0 amide bonds. The second-order valence-electron chi connectivity index (χ2n) is 6.25. The predicted molar refractivity (Wildman–Crippen MR) is 91.6 cm³/mol. The summed E-state index contributed by atoms with van der Waals surface area (Å²) in [6.45, 7) is -1.80. The maximum atomic E-state index is 13.8. The van der Waals surface area contributed by atoms with Gasteiger partial charge in [0.1, 0.15) is 22.3 Å². The average molecular weight is 516 g/mol. The summed E-state index contributed by atoms with van der Waals surface area (Å²) in [5.41, 5.74) is -7.86. The van der Waals surface area contributed by atoms with Crippen molar-refractivity contribution in [2.75, 3.05) is 13.2 Å². The Bertz CT molecular complexity index is 1110. The van der Waals surface area contributed by atoms with Crippen LogP contribution in [0.1, 0.15) is 47.9 Å². The van der Waals surface area contributed by atoms with Crippen molar-refractivity contribution in [2.45, 2.75) is 6.42 Å². The molecule has 16 heteroatoms. The molecule has 188 valence electrons. The molecule has 0 radical (unpaired) electrons. The van der Waals surface area contributed by atoms with Crippen LogP contribution < -0.4 is 0 Å². The fourth-order valence-corrected chi connectivity index (χ4v) is 2.53. The van der Waals surface area contributed by atoms with E-state index in [0.717, 1.165) is 0 Å². The van der Waals surface area contributed by atoms with E-state index in [1.165, 1.54) is 0 Å². The Morgan fingerprint density at radius 1 is 0.486 bits per heavy atom. The summed E-state index contributed by atoms with van der Waals surface area (Å²) < 4.78 is 118. The number of ether oxygens (including phenoxy) is 2. The van der Waals surface area contributed by atoms with Gasteiger partial charge in [-0.2, -0.15) is 0 Å². The van der Waals surface area contributed by atoms with Gasteiger partial charge in [0.05, 0.1) is 13.2 Å². The van der Waals surface area contributed by atoms with Gasteiger partial charge in [-0.05, 0) is 0 Å². The van der Waals surface area contributed by atoms with Crippen LogP contribution in [0.4, 0.5) is 35.1 Å². The van der Waals surface area contributed by atoms with Crippen molar-refractivity contribution in [1.29, 1.82) is 0 Å². The van der Waals surface area contributed by atoms with Crippen molar-refractivity contribution >= 4 is 23.9 Å². The van der Waals surface area contributed by atoms with Gasteiger partial charge in [0, 0.05) is 6.42 Å². The summed E-state index contributed by atoms with van der Waals surface area (Å²) in [7, 11) is 0. The van der Waals surface area contributed by atoms with Gasteiger partial charge >= 0.3 is 23.9 Å². The number of esters is 2. The van der Waals surface area contributed by atoms with Crippen molar-refractivity contribution in [3.63, 3.8) is 0 Å². The molecule has 0 aromatic heterocycles. The molecule has 8 nitrogen and oxygen atoms in total. The Morgan fingerprint density at radius 3 is 0.943 bits per heavy atom. The molecule has 0 saturated heterocycles. The van der Waals surface area contributed by atoms with E-state index in [-0.39, 0.29) is 0 Å². The van der Waals surface area contributed by atoms with Crippen LogP contribution in [-0.4, -0.2) is 47.3 Å². The zero-order chi connectivity index (χ0) is 26.8. The molecule has 0 saturated carbocycles. The lowest BCUT2D eigenvalue weighted by Gasteiger charge is -2.11. The molecule has 0 aliphatic rings. The van der Waals surface area contributed by atoms with Gasteiger partial charge < -0.3 is 19.7 Å². The zero-order valence-electron chi connectivity index (χ0n) is 16.5. The maximum Gasteiger partial charge on any atom is 0.344 e. The number of halogens is 8. The van der Waals surface area contributed by atoms with Crippen LogP contribution in [0.3, 0.4) is 0 Å². The molecule has 2 aromatic carbocycles. The standard InChI is InChI=1S/C19H8F8O8/c20-8-4(16(28)29)9(21)13(25)6(12(8)24)18(32)34-2-1-3-35-19(33)7-14(26)10(22)5(17(30)31)11(23)15(7)27/h1-3H2,(H,28,29)(H,30,31). The fraction of sp³-hybridized carbons (Fsp3) is 0.158. The number of carbonyl (C=O) groups excluding carboxylic acids is 2. The Morgan fingerprint density at radius 2 is 0.714 bits per heavy atom. The summed E-state index contributed by atoms with van der Waals surface area (Å²) in [5.74, 6) is -27.8. The smallest absolute Gasteiger partial charge is 0.344 e. The molecule has 0 bridgehead atoms. The second-order valence-corrected chi connectivity index (χ2v) is 6.25. The molecular weight excluding hydrogens is 508 g/mol. The third-order valence-corrected chi connectivity index (χ3v) is 4.12. The molecule has 0 heterocycles. The molecular formula is C19H8F8O8. The van der Waals surface area contributed by atoms with E-state index >= 15 is 0 Å². The minimum atomic E-state index is -2.39. The van der Waals surface area contributed by atoms with Crippen molar-refractivity contribution in [1.82, 2.24) is 0 Å². The highest BCUT2D eigenvalue weighted by Crippen LogP contribution is 2.26. The van der Waals surface area contributed by atoms with Crippen LogP contribution >= 0.6 is 0 Å². The summed E-state index contributed by atoms with van der Waals surface area (Å²) in [6.07, 6.45) is -0.597. The summed E-state index contributed by atoms with van der Waals surface area (Å²) in [4.78, 5) is 44.8. The lowest BCUT2D eigenvalue weighted by Crippen LogP contribution is -2.20. The Kier molecular flexibility index (Phi) is 7.99. The van der Waals surface area contributed by atoms with E-state index in [9.17, 15) is 54.3 Å². The molecule has 2 N–H and O–H groups in total. The lowest BCUT2D eigenvalue weighted by atomic mass is 10.1. The zero-order valence-corrected chi connectivity index (χ0v) is 16.5. The van der Waals surface area contributed by atoms with Crippen LogP contribution in [-0.2, 0) is 9.47 Å². The predicted octanol–water partition coefficient (Wildman–Crippen LogP) is 3.60. The number of hydrogen-bond acceptors (Lipinski definition) is 6. The number of carboxylic acids is 2. The molecule has 0 aliphatic heterocycles. The van der Waals surface area contributed by atoms with Crippen LogP contribution in [0.15, 0.2) is 0 Å². The first-order chi connectivity index (χ1) is 16.2. The molecule has 0 unspecified atom stereocenters. The molecule has 0 atom stereocenters. The third-order valence-electron chi connectivity index (χ3n) is 4.12. The number of benzene rings is 2. The molecule has 35 heavy (non-hydrogen) atoms. The van der Waals surface area contributed by atoms with Crippen molar-refractivity contribution in [3.05, 3.63) is 68.8 Å². The van der Waals surface area contributed by atoms with E-state index in [1.807, 2.05) is 0 Å². The van der Waals surface area contributed by atoms with Gasteiger partial charge in [-0.1, -0.05) is 0 Å². The van der Waals surface area contributed by atoms with Crippen LogP contribution in [0.2, 0.25) is 0 Å². The fourth-order valence-electron chi connectivity index (χ4n) is 2.53. The van der Waals surface area contributed by atoms with E-state index in [0.29, 0.717) is 0 Å². The maximum absolute atomic E-state index is 13.8. The van der Waals surface area contributed by atoms with Crippen LogP contribution in [0, 0.1) is 46.5 Å². The number of rotatable bonds is 8. The SMILES string of the molecule is O=C(O)c1c(F)c(F)c(C(=O)OCCCOC(=O)c2c(F)c(F)c(C(=O)O)c(F)c2F)c(F)c1F. The van der Waals surface area contributed by atoms with Crippen LogP contribution in [0.5, 0.6) is 0 Å². The highest BCUT2D eigenvalue weighted by atomic mass is 19.2. The molecule has 2 aromatic rings. The Hall–Kier alpha value is -4.24.